The molecule has 8 nitrogen and oxygen atoms in total. The molecule has 0 bridgehead atoms. The van der Waals surface area contributed by atoms with Gasteiger partial charge in [-0.25, -0.2) is 4.98 Å². The lowest BCUT2D eigenvalue weighted by atomic mass is 10.1. The lowest BCUT2D eigenvalue weighted by Gasteiger charge is -2.30. The van der Waals surface area contributed by atoms with Crippen molar-refractivity contribution < 1.29 is 18.3 Å². The van der Waals surface area contributed by atoms with E-state index < -0.39 is 22.5 Å². The van der Waals surface area contributed by atoms with Crippen LogP contribution in [0.4, 0.5) is 20.4 Å². The molecule has 0 spiro atoms. The van der Waals surface area contributed by atoms with Crippen LogP contribution < -0.4 is 15.2 Å². The van der Waals surface area contributed by atoms with E-state index in [1.165, 1.54) is 4.90 Å². The van der Waals surface area contributed by atoms with Crippen LogP contribution in [0, 0.1) is 0 Å². The molecule has 14 heteroatoms. The van der Waals surface area contributed by atoms with Gasteiger partial charge in [-0.15, -0.1) is 0 Å². The van der Waals surface area contributed by atoms with Crippen LogP contribution in [0.3, 0.4) is 0 Å². The Kier molecular flexibility index (Phi) is 7.63. The number of carbonyl (C=O) groups excluding carboxylic acids is 1. The minimum Gasteiger partial charge on any atom is -0.495 e. The maximum absolute atomic E-state index is 14.1. The number of rotatable bonds is 6. The highest BCUT2D eigenvalue weighted by Crippen LogP contribution is 2.43. The van der Waals surface area contributed by atoms with Crippen LogP contribution >= 0.6 is 46.6 Å². The van der Waals surface area contributed by atoms with E-state index in [1.54, 1.807) is 31.5 Å². The number of hydrogen-bond donors (Lipinski definition) is 1. The van der Waals surface area contributed by atoms with Gasteiger partial charge in [-0.3, -0.25) is 9.59 Å². The highest BCUT2D eigenvalue weighted by atomic mass is 35.5. The van der Waals surface area contributed by atoms with E-state index in [1.807, 2.05) is 18.3 Å². The summed E-state index contributed by atoms with van der Waals surface area (Å²) in [4.78, 5) is 37.5. The standard InChI is InChI=1S/C28H22Cl3F2N5O3S/c1-41-20-11-16-14-37(13-15(16)10-19(20)38-8-3-7-36-9-6-34-27(36)38)26(40)23-21(12-22(28(31,32)33)35-25(23)39)42-24-17(29)4-2-5-18(24)30/h2,4-6,9-12H,3,7-8,13-14H2,1H3,(H,35,39). The van der Waals surface area contributed by atoms with Crippen molar-refractivity contribution in [3.05, 3.63) is 91.6 Å². The van der Waals surface area contributed by atoms with Crippen molar-refractivity contribution in [3.63, 3.8) is 0 Å². The average molecular weight is 653 g/mol. The number of aryl methyl sites for hydroxylation is 1. The smallest absolute Gasteiger partial charge is 0.362 e. The largest absolute Gasteiger partial charge is 0.495 e. The van der Waals surface area contributed by atoms with Crippen molar-refractivity contribution in [2.45, 2.75) is 41.2 Å². The summed E-state index contributed by atoms with van der Waals surface area (Å²) >= 11 is 18.7. The molecule has 4 aromatic rings. The fraction of sp³-hybridized carbons (Fsp3) is 0.250. The Bertz CT molecular complexity index is 1750. The van der Waals surface area contributed by atoms with Crippen LogP contribution in [0.5, 0.6) is 5.75 Å². The molecule has 2 aromatic carbocycles. The molecule has 6 rings (SSSR count). The van der Waals surface area contributed by atoms with Gasteiger partial charge < -0.3 is 24.1 Å². The zero-order valence-corrected chi connectivity index (χ0v) is 25.1. The zero-order chi connectivity index (χ0) is 29.8. The number of hydrogen-bond acceptors (Lipinski definition) is 6. The number of fused-ring (bicyclic) bond motifs is 2. The number of carbonyl (C=O) groups is 1. The molecule has 2 aliphatic heterocycles. The normalized spacial score (nSPS) is 14.6. The van der Waals surface area contributed by atoms with Crippen LogP contribution in [0.25, 0.3) is 0 Å². The number of ether oxygens (including phenoxy) is 1. The Labute approximate surface area is 258 Å². The first kappa shape index (κ1) is 28.9. The molecular formula is C28H22Cl3F2N5O3S. The summed E-state index contributed by atoms with van der Waals surface area (Å²) in [7, 11) is 1.58. The van der Waals surface area contributed by atoms with Gasteiger partial charge in [0.1, 0.15) is 17.0 Å². The second-order valence-electron chi connectivity index (χ2n) is 9.78. The number of methoxy groups -OCH3 is 1. The molecular weight excluding hydrogens is 631 g/mol. The summed E-state index contributed by atoms with van der Waals surface area (Å²) in [6, 6.07) is 9.58. The van der Waals surface area contributed by atoms with Crippen molar-refractivity contribution in [1.82, 2.24) is 19.4 Å². The topological polar surface area (TPSA) is 83.5 Å². The van der Waals surface area contributed by atoms with E-state index in [-0.39, 0.29) is 33.6 Å². The van der Waals surface area contributed by atoms with Crippen molar-refractivity contribution in [2.24, 2.45) is 0 Å². The Morgan fingerprint density at radius 3 is 2.52 bits per heavy atom. The molecule has 42 heavy (non-hydrogen) atoms. The summed E-state index contributed by atoms with van der Waals surface area (Å²) in [5, 5.41) is -3.41. The van der Waals surface area contributed by atoms with Crippen LogP contribution in [-0.4, -0.2) is 39.0 Å². The molecule has 1 amide bonds. The van der Waals surface area contributed by atoms with E-state index in [9.17, 15) is 18.4 Å². The van der Waals surface area contributed by atoms with Crippen LogP contribution in [-0.2, 0) is 25.0 Å². The SMILES string of the molecule is COc1cc2c(cc1N1CCCn3ccnc31)CN(C(=O)c1c(Sc3c(Cl)cccc3Cl)cc(C(F)(F)Cl)[nH]c1=O)C2. The first-order valence-electron chi connectivity index (χ1n) is 12.8. The third-order valence-electron chi connectivity index (χ3n) is 7.16. The number of aromatic amines is 1. The number of aromatic nitrogens is 3. The minimum absolute atomic E-state index is 0.0524. The monoisotopic (exact) mass is 651 g/mol. The number of nitrogens with one attached hydrogen (secondary N) is 1. The molecule has 0 fully saturated rings. The number of anilines is 2. The summed E-state index contributed by atoms with van der Waals surface area (Å²) in [6.45, 7) is 1.98. The van der Waals surface area contributed by atoms with E-state index in [4.69, 9.17) is 39.5 Å². The molecule has 0 saturated heterocycles. The van der Waals surface area contributed by atoms with Crippen LogP contribution in [0.15, 0.2) is 63.4 Å². The number of pyridine rings is 1. The van der Waals surface area contributed by atoms with Gasteiger partial charge in [0.25, 0.3) is 11.5 Å². The number of halogens is 5. The third kappa shape index (κ3) is 5.23. The lowest BCUT2D eigenvalue weighted by Crippen LogP contribution is -2.32. The summed E-state index contributed by atoms with van der Waals surface area (Å²) in [6.07, 6.45) is 4.60. The average Bonchev–Trinajstić information content (AvgIpc) is 3.60. The van der Waals surface area contributed by atoms with E-state index >= 15 is 0 Å². The number of benzene rings is 2. The van der Waals surface area contributed by atoms with Gasteiger partial charge in [-0.2, -0.15) is 8.78 Å². The molecule has 0 radical (unpaired) electrons. The zero-order valence-electron chi connectivity index (χ0n) is 22.0. The minimum atomic E-state index is -3.87. The first-order chi connectivity index (χ1) is 20.0. The first-order valence-corrected chi connectivity index (χ1v) is 14.7. The van der Waals surface area contributed by atoms with Crippen LogP contribution in [0.1, 0.15) is 33.6 Å². The molecule has 0 saturated carbocycles. The number of nitrogens with zero attached hydrogens (tertiary/aromatic N) is 4. The van der Waals surface area contributed by atoms with Crippen molar-refractivity contribution >= 4 is 64.1 Å². The molecule has 218 valence electrons. The Morgan fingerprint density at radius 2 is 1.83 bits per heavy atom. The molecule has 1 N–H and O–H groups in total. The highest BCUT2D eigenvalue weighted by Gasteiger charge is 2.35. The quantitative estimate of drug-likeness (QED) is 0.226. The van der Waals surface area contributed by atoms with Crippen molar-refractivity contribution in [2.75, 3.05) is 18.6 Å². The molecule has 2 aromatic heterocycles. The van der Waals surface area contributed by atoms with Gasteiger partial charge in [0.15, 0.2) is 0 Å². The molecule has 0 aliphatic carbocycles. The maximum Gasteiger partial charge on any atom is 0.362 e. The van der Waals surface area contributed by atoms with Crippen LogP contribution in [0.2, 0.25) is 10.0 Å². The molecule has 4 heterocycles. The second-order valence-corrected chi connectivity index (χ2v) is 12.1. The van der Waals surface area contributed by atoms with Gasteiger partial charge in [0, 0.05) is 48.4 Å². The Balaban J connectivity index is 1.37. The molecule has 2 aliphatic rings. The highest BCUT2D eigenvalue weighted by molar-refractivity contribution is 7.99. The Morgan fingerprint density at radius 1 is 1.12 bits per heavy atom. The molecule has 0 atom stereocenters. The predicted octanol–water partition coefficient (Wildman–Crippen LogP) is 7.02. The van der Waals surface area contributed by atoms with Gasteiger partial charge in [0.05, 0.1) is 22.8 Å². The van der Waals surface area contributed by atoms with Gasteiger partial charge in [0.2, 0.25) is 5.95 Å². The van der Waals surface area contributed by atoms with Gasteiger partial charge in [-0.1, -0.05) is 41.0 Å². The van der Waals surface area contributed by atoms with Crippen molar-refractivity contribution in [3.8, 4) is 5.75 Å². The lowest BCUT2D eigenvalue weighted by molar-refractivity contribution is 0.0740. The third-order valence-corrected chi connectivity index (χ3v) is 9.41. The summed E-state index contributed by atoms with van der Waals surface area (Å²) < 4.78 is 35.9. The van der Waals surface area contributed by atoms with Gasteiger partial charge >= 0.3 is 5.38 Å². The number of alkyl halides is 3. The fourth-order valence-electron chi connectivity index (χ4n) is 5.20. The Hall–Kier alpha value is -3.25. The van der Waals surface area contributed by atoms with E-state index in [0.29, 0.717) is 10.6 Å². The number of H-pyrrole nitrogens is 1. The van der Waals surface area contributed by atoms with E-state index in [2.05, 4.69) is 19.4 Å². The molecule has 0 unspecified atom stereocenters. The van der Waals surface area contributed by atoms with E-state index in [0.717, 1.165) is 60.1 Å². The summed E-state index contributed by atoms with van der Waals surface area (Å²) in [5.74, 6) is 0.778. The van der Waals surface area contributed by atoms with Crippen molar-refractivity contribution in [1.29, 1.82) is 0 Å². The fourth-order valence-corrected chi connectivity index (χ4v) is 6.94. The number of amides is 1. The second kappa shape index (κ2) is 11.1. The predicted molar refractivity (Wildman–Crippen MR) is 158 cm³/mol. The van der Waals surface area contributed by atoms with Gasteiger partial charge in [-0.05, 0) is 59.5 Å². The number of imidazole rings is 1. The maximum atomic E-state index is 14.1. The summed E-state index contributed by atoms with van der Waals surface area (Å²) in [5.41, 5.74) is 0.348.